The molecule has 4 rings (SSSR count). The Labute approximate surface area is 123 Å². The van der Waals surface area contributed by atoms with Crippen LogP contribution >= 0.6 is 11.3 Å². The SMILES string of the molecule is Cc1nn2c(CN3CCC4(CCNC4)C3)c(C)nc2s1. The van der Waals surface area contributed by atoms with Crippen molar-refractivity contribution in [2.24, 2.45) is 5.41 Å². The van der Waals surface area contributed by atoms with E-state index in [1.165, 1.54) is 44.7 Å². The van der Waals surface area contributed by atoms with E-state index in [9.17, 15) is 0 Å². The number of imidazole rings is 1. The molecule has 2 aromatic heterocycles. The zero-order chi connectivity index (χ0) is 13.7. The van der Waals surface area contributed by atoms with Gasteiger partial charge in [-0.2, -0.15) is 5.10 Å². The maximum absolute atomic E-state index is 4.64. The molecule has 2 aliphatic heterocycles. The monoisotopic (exact) mass is 291 g/mol. The number of rotatable bonds is 2. The molecular formula is C14H21N5S. The Hall–Kier alpha value is -0.980. The minimum Gasteiger partial charge on any atom is -0.316 e. The highest BCUT2D eigenvalue weighted by Gasteiger charge is 2.40. The molecule has 0 aromatic carbocycles. The van der Waals surface area contributed by atoms with Gasteiger partial charge in [-0.3, -0.25) is 4.90 Å². The molecule has 1 spiro atoms. The first-order valence-electron chi connectivity index (χ1n) is 7.40. The van der Waals surface area contributed by atoms with Crippen molar-refractivity contribution in [3.63, 3.8) is 0 Å². The largest absolute Gasteiger partial charge is 0.316 e. The Kier molecular flexibility index (Phi) is 2.87. The predicted molar refractivity (Wildman–Crippen MR) is 80.2 cm³/mol. The number of hydrogen-bond donors (Lipinski definition) is 1. The van der Waals surface area contributed by atoms with Crippen LogP contribution in [0.5, 0.6) is 0 Å². The zero-order valence-corrected chi connectivity index (χ0v) is 13.0. The molecule has 4 heterocycles. The molecule has 1 atom stereocenters. The van der Waals surface area contributed by atoms with Crippen LogP contribution in [0.4, 0.5) is 0 Å². The van der Waals surface area contributed by atoms with E-state index in [-0.39, 0.29) is 0 Å². The summed E-state index contributed by atoms with van der Waals surface area (Å²) in [5.74, 6) is 0. The Bertz CT molecular complexity index is 637. The third kappa shape index (κ3) is 1.98. The van der Waals surface area contributed by atoms with Gasteiger partial charge in [0, 0.05) is 19.6 Å². The molecule has 2 aromatic rings. The van der Waals surface area contributed by atoms with Crippen LogP contribution in [0, 0.1) is 19.3 Å². The van der Waals surface area contributed by atoms with Crippen LogP contribution in [0.25, 0.3) is 4.96 Å². The molecule has 20 heavy (non-hydrogen) atoms. The first kappa shape index (κ1) is 12.7. The summed E-state index contributed by atoms with van der Waals surface area (Å²) in [6, 6.07) is 0. The van der Waals surface area contributed by atoms with E-state index in [4.69, 9.17) is 0 Å². The number of likely N-dealkylation sites (tertiary alicyclic amines) is 1. The molecule has 2 fully saturated rings. The molecule has 1 N–H and O–H groups in total. The van der Waals surface area contributed by atoms with E-state index in [2.05, 4.69) is 27.2 Å². The highest BCUT2D eigenvalue weighted by Crippen LogP contribution is 2.36. The Balaban J connectivity index is 1.57. The van der Waals surface area contributed by atoms with Gasteiger partial charge in [-0.25, -0.2) is 9.50 Å². The second kappa shape index (κ2) is 4.51. The fourth-order valence-corrected chi connectivity index (χ4v) is 4.49. The van der Waals surface area contributed by atoms with Crippen LogP contribution in [0.15, 0.2) is 0 Å². The molecule has 5 nitrogen and oxygen atoms in total. The van der Waals surface area contributed by atoms with Gasteiger partial charge in [0.15, 0.2) is 0 Å². The van der Waals surface area contributed by atoms with Crippen molar-refractivity contribution in [2.75, 3.05) is 26.2 Å². The van der Waals surface area contributed by atoms with Crippen molar-refractivity contribution in [3.8, 4) is 0 Å². The lowest BCUT2D eigenvalue weighted by Crippen LogP contribution is -2.29. The zero-order valence-electron chi connectivity index (χ0n) is 12.1. The molecule has 0 saturated carbocycles. The van der Waals surface area contributed by atoms with E-state index in [0.29, 0.717) is 5.41 Å². The fourth-order valence-electron chi connectivity index (χ4n) is 3.69. The average molecular weight is 291 g/mol. The lowest BCUT2D eigenvalue weighted by atomic mass is 9.87. The molecule has 0 radical (unpaired) electrons. The van der Waals surface area contributed by atoms with E-state index in [0.717, 1.165) is 22.2 Å². The van der Waals surface area contributed by atoms with Gasteiger partial charge in [-0.1, -0.05) is 11.3 Å². The quantitative estimate of drug-likeness (QED) is 0.913. The van der Waals surface area contributed by atoms with Crippen molar-refractivity contribution in [3.05, 3.63) is 16.4 Å². The number of nitrogens with zero attached hydrogens (tertiary/aromatic N) is 4. The van der Waals surface area contributed by atoms with E-state index >= 15 is 0 Å². The average Bonchev–Trinajstić information content (AvgIpc) is 3.13. The van der Waals surface area contributed by atoms with Gasteiger partial charge in [0.1, 0.15) is 5.01 Å². The second-order valence-electron chi connectivity index (χ2n) is 6.35. The molecular weight excluding hydrogens is 270 g/mol. The van der Waals surface area contributed by atoms with Crippen LogP contribution < -0.4 is 5.32 Å². The van der Waals surface area contributed by atoms with E-state index < -0.39 is 0 Å². The van der Waals surface area contributed by atoms with Gasteiger partial charge in [-0.15, -0.1) is 0 Å². The van der Waals surface area contributed by atoms with Gasteiger partial charge in [0.25, 0.3) is 0 Å². The van der Waals surface area contributed by atoms with E-state index in [1.807, 2.05) is 11.4 Å². The molecule has 0 amide bonds. The first-order valence-corrected chi connectivity index (χ1v) is 8.22. The summed E-state index contributed by atoms with van der Waals surface area (Å²) in [7, 11) is 0. The number of fused-ring (bicyclic) bond motifs is 1. The number of aryl methyl sites for hydroxylation is 2. The number of aromatic nitrogens is 3. The van der Waals surface area contributed by atoms with Crippen molar-refractivity contribution in [1.29, 1.82) is 0 Å². The van der Waals surface area contributed by atoms with Crippen LogP contribution in [-0.2, 0) is 6.54 Å². The van der Waals surface area contributed by atoms with Gasteiger partial charge >= 0.3 is 0 Å². The Morgan fingerprint density at radius 1 is 1.35 bits per heavy atom. The van der Waals surface area contributed by atoms with Gasteiger partial charge in [0.2, 0.25) is 4.96 Å². The topological polar surface area (TPSA) is 45.5 Å². The van der Waals surface area contributed by atoms with Crippen LogP contribution in [0.3, 0.4) is 0 Å². The van der Waals surface area contributed by atoms with Gasteiger partial charge in [-0.05, 0) is 45.2 Å². The highest BCUT2D eigenvalue weighted by atomic mass is 32.1. The van der Waals surface area contributed by atoms with Gasteiger partial charge < -0.3 is 5.32 Å². The molecule has 2 saturated heterocycles. The molecule has 1 unspecified atom stereocenters. The summed E-state index contributed by atoms with van der Waals surface area (Å²) in [6.07, 6.45) is 2.66. The predicted octanol–water partition coefficient (Wildman–Crippen LogP) is 1.59. The Morgan fingerprint density at radius 2 is 2.25 bits per heavy atom. The van der Waals surface area contributed by atoms with Crippen LogP contribution in [0.2, 0.25) is 0 Å². The third-order valence-corrected chi connectivity index (χ3v) is 5.64. The lowest BCUT2D eigenvalue weighted by Gasteiger charge is -2.22. The normalized spacial score (nSPS) is 27.3. The fraction of sp³-hybridized carbons (Fsp3) is 0.714. The molecule has 0 bridgehead atoms. The number of nitrogens with one attached hydrogen (secondary N) is 1. The summed E-state index contributed by atoms with van der Waals surface area (Å²) in [5.41, 5.74) is 2.94. The van der Waals surface area contributed by atoms with Crippen molar-refractivity contribution in [1.82, 2.24) is 24.8 Å². The lowest BCUT2D eigenvalue weighted by molar-refractivity contribution is 0.265. The Morgan fingerprint density at radius 3 is 3.05 bits per heavy atom. The van der Waals surface area contributed by atoms with Crippen LogP contribution in [-0.4, -0.2) is 45.7 Å². The van der Waals surface area contributed by atoms with Crippen molar-refractivity contribution >= 4 is 16.3 Å². The molecule has 6 heteroatoms. The second-order valence-corrected chi connectivity index (χ2v) is 7.51. The third-order valence-electron chi connectivity index (χ3n) is 4.82. The van der Waals surface area contributed by atoms with Crippen molar-refractivity contribution < 1.29 is 0 Å². The minimum atomic E-state index is 0.537. The highest BCUT2D eigenvalue weighted by molar-refractivity contribution is 7.16. The summed E-state index contributed by atoms with van der Waals surface area (Å²) < 4.78 is 2.05. The maximum atomic E-state index is 4.64. The van der Waals surface area contributed by atoms with Crippen molar-refractivity contribution in [2.45, 2.75) is 33.2 Å². The summed E-state index contributed by atoms with van der Waals surface area (Å²) in [6.45, 7) is 9.95. The first-order chi connectivity index (χ1) is 9.65. The summed E-state index contributed by atoms with van der Waals surface area (Å²) >= 11 is 1.68. The maximum Gasteiger partial charge on any atom is 0.212 e. The molecule has 0 aliphatic carbocycles. The van der Waals surface area contributed by atoms with Crippen LogP contribution in [0.1, 0.15) is 29.2 Å². The smallest absolute Gasteiger partial charge is 0.212 e. The molecule has 108 valence electrons. The van der Waals surface area contributed by atoms with Gasteiger partial charge in [0.05, 0.1) is 11.4 Å². The number of hydrogen-bond acceptors (Lipinski definition) is 5. The standard InChI is InChI=1S/C14H21N5S/c1-10-12(19-13(16-10)20-11(2)17-19)7-18-6-4-14(9-18)3-5-15-8-14/h15H,3-9H2,1-2H3. The summed E-state index contributed by atoms with van der Waals surface area (Å²) in [5, 5.41) is 9.21. The summed E-state index contributed by atoms with van der Waals surface area (Å²) in [4.78, 5) is 8.26. The molecule has 2 aliphatic rings. The van der Waals surface area contributed by atoms with E-state index in [1.54, 1.807) is 11.3 Å². The minimum absolute atomic E-state index is 0.537.